The van der Waals surface area contributed by atoms with Gasteiger partial charge in [-0.3, -0.25) is 0 Å². The van der Waals surface area contributed by atoms with E-state index in [9.17, 15) is 4.79 Å². The molecule has 0 saturated carbocycles. The fraction of sp³-hybridized carbons (Fsp3) is 0.273. The molecular formula is C11H14N4O2. The third-order valence-electron chi connectivity index (χ3n) is 2.57. The lowest BCUT2D eigenvalue weighted by atomic mass is 10.3. The highest BCUT2D eigenvalue weighted by Crippen LogP contribution is 2.20. The largest absolute Gasteiger partial charge is 0.476 e. The quantitative estimate of drug-likeness (QED) is 0.711. The summed E-state index contributed by atoms with van der Waals surface area (Å²) >= 11 is 0. The molecule has 4 N–H and O–H groups in total. The molecule has 0 fully saturated rings. The van der Waals surface area contributed by atoms with Crippen molar-refractivity contribution in [3.63, 3.8) is 0 Å². The summed E-state index contributed by atoms with van der Waals surface area (Å²) in [5.41, 5.74) is 6.69. The van der Waals surface area contributed by atoms with Crippen molar-refractivity contribution >= 4 is 17.2 Å². The minimum Gasteiger partial charge on any atom is -0.476 e. The van der Waals surface area contributed by atoms with Crippen molar-refractivity contribution in [1.82, 2.24) is 14.7 Å². The average Bonchev–Trinajstić information content (AvgIpc) is 2.67. The zero-order chi connectivity index (χ0) is 12.4. The molecule has 0 radical (unpaired) electrons. The number of aromatic carboxylic acids is 1. The number of carboxylic acids is 1. The van der Waals surface area contributed by atoms with Gasteiger partial charge in [0.2, 0.25) is 0 Å². The first-order valence-electron chi connectivity index (χ1n) is 5.28. The molecule has 2 aromatic rings. The Hall–Kier alpha value is -2.08. The van der Waals surface area contributed by atoms with E-state index >= 15 is 0 Å². The van der Waals surface area contributed by atoms with Gasteiger partial charge in [0, 0.05) is 19.2 Å². The van der Waals surface area contributed by atoms with Gasteiger partial charge in [0.15, 0.2) is 5.69 Å². The van der Waals surface area contributed by atoms with Crippen LogP contribution in [0.5, 0.6) is 0 Å². The number of imidazole rings is 1. The van der Waals surface area contributed by atoms with Crippen LogP contribution < -0.4 is 11.1 Å². The first kappa shape index (κ1) is 11.4. The van der Waals surface area contributed by atoms with Gasteiger partial charge in [-0.1, -0.05) is 0 Å². The van der Waals surface area contributed by atoms with Crippen molar-refractivity contribution in [1.29, 1.82) is 0 Å². The summed E-state index contributed by atoms with van der Waals surface area (Å²) in [6, 6.07) is 3.45. The number of anilines is 1. The van der Waals surface area contributed by atoms with E-state index in [0.717, 1.165) is 6.54 Å². The molecule has 0 unspecified atom stereocenters. The molecular weight excluding hydrogens is 220 g/mol. The molecule has 0 amide bonds. The number of rotatable bonds is 4. The number of nitrogen functional groups attached to an aromatic ring is 1. The molecule has 0 aliphatic rings. The minimum absolute atomic E-state index is 0.00852. The number of hydrogen-bond acceptors (Lipinski definition) is 4. The first-order valence-corrected chi connectivity index (χ1v) is 5.28. The second-order valence-electron chi connectivity index (χ2n) is 3.72. The first-order chi connectivity index (χ1) is 8.15. The lowest BCUT2D eigenvalue weighted by Gasteiger charge is -2.02. The number of likely N-dealkylation sites (N-methyl/N-ethyl adjacent to an activating group) is 1. The molecule has 6 nitrogen and oxygen atoms in total. The maximum Gasteiger partial charge on any atom is 0.356 e. The minimum atomic E-state index is -1.06. The number of aromatic nitrogens is 2. The van der Waals surface area contributed by atoms with Gasteiger partial charge in [-0.25, -0.2) is 9.78 Å². The van der Waals surface area contributed by atoms with E-state index in [2.05, 4.69) is 10.3 Å². The molecule has 0 atom stereocenters. The van der Waals surface area contributed by atoms with E-state index in [4.69, 9.17) is 10.8 Å². The van der Waals surface area contributed by atoms with Crippen molar-refractivity contribution in [3.8, 4) is 0 Å². The molecule has 2 rings (SSSR count). The summed E-state index contributed by atoms with van der Waals surface area (Å²) < 4.78 is 1.73. The SMILES string of the molecule is CNCCc1nc(C(=O)O)c2c(N)cccn12. The standard InChI is InChI=1S/C11H14N4O2/c1-13-5-4-8-14-9(11(16)17)10-7(12)3-2-6-15(8)10/h2-3,6,13H,4-5,12H2,1H3,(H,16,17). The Morgan fingerprint density at radius 3 is 3.06 bits per heavy atom. The van der Waals surface area contributed by atoms with E-state index in [1.165, 1.54) is 0 Å². The Kier molecular flexibility index (Phi) is 2.97. The fourth-order valence-electron chi connectivity index (χ4n) is 1.79. The molecule has 0 spiro atoms. The maximum absolute atomic E-state index is 11.1. The van der Waals surface area contributed by atoms with E-state index < -0.39 is 5.97 Å². The van der Waals surface area contributed by atoms with Gasteiger partial charge in [-0.15, -0.1) is 0 Å². The van der Waals surface area contributed by atoms with Crippen LogP contribution in [0, 0.1) is 0 Å². The average molecular weight is 234 g/mol. The molecule has 0 aliphatic carbocycles. The van der Waals surface area contributed by atoms with Crippen LogP contribution >= 0.6 is 0 Å². The molecule has 0 saturated heterocycles. The lowest BCUT2D eigenvalue weighted by Crippen LogP contribution is -2.12. The van der Waals surface area contributed by atoms with Gasteiger partial charge < -0.3 is 20.6 Å². The third kappa shape index (κ3) is 1.94. The number of hydrogen-bond donors (Lipinski definition) is 3. The highest BCUT2D eigenvalue weighted by molar-refractivity contribution is 5.97. The van der Waals surface area contributed by atoms with Gasteiger partial charge in [-0.2, -0.15) is 0 Å². The monoisotopic (exact) mass is 234 g/mol. The second kappa shape index (κ2) is 4.42. The van der Waals surface area contributed by atoms with Gasteiger partial charge in [0.25, 0.3) is 0 Å². The van der Waals surface area contributed by atoms with Crippen LogP contribution in [0.25, 0.3) is 5.52 Å². The summed E-state index contributed by atoms with van der Waals surface area (Å²) in [6.07, 6.45) is 2.42. The Morgan fingerprint density at radius 2 is 2.41 bits per heavy atom. The van der Waals surface area contributed by atoms with Crippen molar-refractivity contribution < 1.29 is 9.90 Å². The lowest BCUT2D eigenvalue weighted by molar-refractivity contribution is 0.0693. The van der Waals surface area contributed by atoms with Crippen LogP contribution in [0.2, 0.25) is 0 Å². The van der Waals surface area contributed by atoms with Crippen molar-refractivity contribution in [2.45, 2.75) is 6.42 Å². The second-order valence-corrected chi connectivity index (χ2v) is 3.72. The van der Waals surface area contributed by atoms with Gasteiger partial charge in [0.05, 0.1) is 5.69 Å². The maximum atomic E-state index is 11.1. The molecule has 0 aromatic carbocycles. The highest BCUT2D eigenvalue weighted by Gasteiger charge is 2.17. The number of nitrogens with one attached hydrogen (secondary N) is 1. The molecule has 0 aliphatic heterocycles. The predicted molar refractivity (Wildman–Crippen MR) is 64.2 cm³/mol. The van der Waals surface area contributed by atoms with E-state index in [1.54, 1.807) is 22.7 Å². The van der Waals surface area contributed by atoms with Crippen molar-refractivity contribution in [2.75, 3.05) is 19.3 Å². The van der Waals surface area contributed by atoms with Gasteiger partial charge >= 0.3 is 5.97 Å². The van der Waals surface area contributed by atoms with Crippen LogP contribution in [0.15, 0.2) is 18.3 Å². The Bertz CT molecular complexity index is 562. The topological polar surface area (TPSA) is 92.6 Å². The van der Waals surface area contributed by atoms with Crippen LogP contribution in [0.4, 0.5) is 5.69 Å². The van der Waals surface area contributed by atoms with E-state index in [1.807, 2.05) is 7.05 Å². The summed E-state index contributed by atoms with van der Waals surface area (Å²) in [5.74, 6) is -0.366. The summed E-state index contributed by atoms with van der Waals surface area (Å²) in [7, 11) is 1.84. The van der Waals surface area contributed by atoms with Gasteiger partial charge in [-0.05, 0) is 19.2 Å². The summed E-state index contributed by atoms with van der Waals surface area (Å²) in [4.78, 5) is 15.2. The van der Waals surface area contributed by atoms with Crippen LogP contribution in [0.1, 0.15) is 16.3 Å². The summed E-state index contributed by atoms with van der Waals surface area (Å²) in [5, 5.41) is 12.1. The van der Waals surface area contributed by atoms with Crippen molar-refractivity contribution in [3.05, 3.63) is 29.8 Å². The van der Waals surface area contributed by atoms with Crippen LogP contribution in [-0.2, 0) is 6.42 Å². The molecule has 6 heteroatoms. The number of carbonyl (C=O) groups is 1. The molecule has 17 heavy (non-hydrogen) atoms. The Morgan fingerprint density at radius 1 is 1.65 bits per heavy atom. The smallest absolute Gasteiger partial charge is 0.356 e. The zero-order valence-electron chi connectivity index (χ0n) is 9.47. The number of nitrogens with zero attached hydrogens (tertiary/aromatic N) is 2. The Labute approximate surface area is 98.1 Å². The van der Waals surface area contributed by atoms with E-state index in [-0.39, 0.29) is 5.69 Å². The van der Waals surface area contributed by atoms with Crippen molar-refractivity contribution in [2.24, 2.45) is 0 Å². The number of nitrogens with two attached hydrogens (primary N) is 1. The summed E-state index contributed by atoms with van der Waals surface area (Å²) in [6.45, 7) is 0.729. The molecule has 2 heterocycles. The highest BCUT2D eigenvalue weighted by atomic mass is 16.4. The number of fused-ring (bicyclic) bond motifs is 1. The number of carboxylic acid groups (broad SMARTS) is 1. The van der Waals surface area contributed by atoms with Gasteiger partial charge in [0.1, 0.15) is 11.3 Å². The zero-order valence-corrected chi connectivity index (χ0v) is 9.47. The molecule has 0 bridgehead atoms. The number of pyridine rings is 1. The third-order valence-corrected chi connectivity index (χ3v) is 2.57. The van der Waals surface area contributed by atoms with Crippen LogP contribution in [0.3, 0.4) is 0 Å². The predicted octanol–water partition coefficient (Wildman–Crippen LogP) is 0.377. The van der Waals surface area contributed by atoms with Crippen LogP contribution in [-0.4, -0.2) is 34.1 Å². The Balaban J connectivity index is 2.62. The fourth-order valence-corrected chi connectivity index (χ4v) is 1.79. The molecule has 90 valence electrons. The normalized spacial score (nSPS) is 10.9. The molecule has 2 aromatic heterocycles. The van der Waals surface area contributed by atoms with E-state index in [0.29, 0.717) is 23.4 Å².